The van der Waals surface area contributed by atoms with Crippen LogP contribution in [0.1, 0.15) is 6.42 Å². The van der Waals surface area contributed by atoms with E-state index in [4.69, 9.17) is 5.73 Å². The van der Waals surface area contributed by atoms with E-state index in [-0.39, 0.29) is 0 Å². The standard InChI is InChI=1S/C17H20N4S2/c1-21(2)9-6-10-22-17-19-15(18)14-13(11-23-16(14)20-17)12-7-4-3-5-8-12/h3-5,7-8,11H,6,9-10H2,1-2H3,(H2,18,19,20). The van der Waals surface area contributed by atoms with Gasteiger partial charge in [-0.15, -0.1) is 11.3 Å². The lowest BCUT2D eigenvalue weighted by molar-refractivity contribution is 0.410. The van der Waals surface area contributed by atoms with Crippen LogP contribution < -0.4 is 5.73 Å². The highest BCUT2D eigenvalue weighted by atomic mass is 32.2. The van der Waals surface area contributed by atoms with Crippen molar-refractivity contribution in [2.75, 3.05) is 32.1 Å². The van der Waals surface area contributed by atoms with Crippen LogP contribution in [-0.2, 0) is 0 Å². The Balaban J connectivity index is 1.83. The largest absolute Gasteiger partial charge is 0.383 e. The molecular weight excluding hydrogens is 324 g/mol. The molecule has 1 aromatic carbocycles. The molecule has 0 amide bonds. The molecule has 0 bridgehead atoms. The van der Waals surface area contributed by atoms with Crippen LogP contribution >= 0.6 is 23.1 Å². The zero-order valence-corrected chi connectivity index (χ0v) is 15.0. The van der Waals surface area contributed by atoms with E-state index in [0.717, 1.165) is 45.2 Å². The van der Waals surface area contributed by atoms with Gasteiger partial charge in [0.05, 0.1) is 5.39 Å². The number of thioether (sulfide) groups is 1. The molecule has 3 aromatic rings. The van der Waals surface area contributed by atoms with Crippen LogP contribution in [0.5, 0.6) is 0 Å². The van der Waals surface area contributed by atoms with E-state index in [0.29, 0.717) is 5.82 Å². The van der Waals surface area contributed by atoms with E-state index in [1.165, 1.54) is 0 Å². The van der Waals surface area contributed by atoms with Crippen molar-refractivity contribution >= 4 is 39.1 Å². The minimum atomic E-state index is 0.574. The van der Waals surface area contributed by atoms with Crippen LogP contribution in [0.4, 0.5) is 5.82 Å². The first-order valence-corrected chi connectivity index (χ1v) is 9.39. The normalized spacial score (nSPS) is 11.4. The Hall–Kier alpha value is -1.63. The summed E-state index contributed by atoms with van der Waals surface area (Å²) in [4.78, 5) is 12.3. The number of nitrogen functional groups attached to an aromatic ring is 1. The van der Waals surface area contributed by atoms with Gasteiger partial charge in [0.15, 0.2) is 5.16 Å². The average molecular weight is 345 g/mol. The van der Waals surface area contributed by atoms with E-state index in [2.05, 4.69) is 46.5 Å². The molecule has 4 nitrogen and oxygen atoms in total. The molecule has 0 spiro atoms. The van der Waals surface area contributed by atoms with Gasteiger partial charge in [0.2, 0.25) is 0 Å². The number of rotatable bonds is 6. The van der Waals surface area contributed by atoms with Crippen molar-refractivity contribution in [3.05, 3.63) is 35.7 Å². The molecule has 2 N–H and O–H groups in total. The van der Waals surface area contributed by atoms with E-state index in [1.807, 2.05) is 18.2 Å². The summed E-state index contributed by atoms with van der Waals surface area (Å²) in [6.45, 7) is 1.07. The molecule has 2 aromatic heterocycles. The van der Waals surface area contributed by atoms with Crippen molar-refractivity contribution in [2.24, 2.45) is 0 Å². The SMILES string of the molecule is CN(C)CCCSc1nc(N)c2c(-c3ccccc3)csc2n1. The summed E-state index contributed by atoms with van der Waals surface area (Å²) in [6, 6.07) is 10.3. The molecule has 0 saturated heterocycles. The third kappa shape index (κ3) is 3.83. The van der Waals surface area contributed by atoms with E-state index < -0.39 is 0 Å². The maximum atomic E-state index is 6.23. The average Bonchev–Trinajstić information content (AvgIpc) is 2.97. The summed E-state index contributed by atoms with van der Waals surface area (Å²) in [5.41, 5.74) is 8.50. The van der Waals surface area contributed by atoms with Gasteiger partial charge < -0.3 is 10.6 Å². The predicted molar refractivity (Wildman–Crippen MR) is 101 cm³/mol. The quantitative estimate of drug-likeness (QED) is 0.416. The van der Waals surface area contributed by atoms with Gasteiger partial charge in [0.25, 0.3) is 0 Å². The van der Waals surface area contributed by atoms with Crippen molar-refractivity contribution in [1.82, 2.24) is 14.9 Å². The van der Waals surface area contributed by atoms with Crippen LogP contribution in [0, 0.1) is 0 Å². The lowest BCUT2D eigenvalue weighted by Crippen LogP contribution is -2.13. The molecule has 120 valence electrons. The molecule has 0 aliphatic carbocycles. The molecular formula is C17H20N4S2. The Morgan fingerprint density at radius 1 is 1.17 bits per heavy atom. The number of hydrogen-bond donors (Lipinski definition) is 1. The van der Waals surface area contributed by atoms with E-state index >= 15 is 0 Å². The highest BCUT2D eigenvalue weighted by molar-refractivity contribution is 7.99. The Morgan fingerprint density at radius 2 is 1.96 bits per heavy atom. The smallest absolute Gasteiger partial charge is 0.190 e. The van der Waals surface area contributed by atoms with Crippen molar-refractivity contribution in [3.63, 3.8) is 0 Å². The zero-order chi connectivity index (χ0) is 16.2. The number of hydrogen-bond acceptors (Lipinski definition) is 6. The summed E-state index contributed by atoms with van der Waals surface area (Å²) < 4.78 is 0. The number of aromatic nitrogens is 2. The number of benzene rings is 1. The summed E-state index contributed by atoms with van der Waals surface area (Å²) in [5.74, 6) is 1.57. The third-order valence-electron chi connectivity index (χ3n) is 3.51. The molecule has 0 saturated carbocycles. The Bertz CT molecular complexity index is 784. The summed E-state index contributed by atoms with van der Waals surface area (Å²) >= 11 is 3.30. The van der Waals surface area contributed by atoms with Gasteiger partial charge in [0.1, 0.15) is 10.6 Å². The van der Waals surface area contributed by atoms with Gasteiger partial charge in [-0.05, 0) is 32.6 Å². The van der Waals surface area contributed by atoms with Crippen molar-refractivity contribution in [3.8, 4) is 11.1 Å². The molecule has 0 radical (unpaired) electrons. The Kier molecular flexibility index (Phi) is 5.15. The first kappa shape index (κ1) is 16.2. The molecule has 3 rings (SSSR count). The van der Waals surface area contributed by atoms with Gasteiger partial charge in [-0.25, -0.2) is 9.97 Å². The van der Waals surface area contributed by atoms with Crippen molar-refractivity contribution in [1.29, 1.82) is 0 Å². The fraction of sp³-hybridized carbons (Fsp3) is 0.294. The Labute approximate surface area is 144 Å². The van der Waals surface area contributed by atoms with Gasteiger partial charge in [0, 0.05) is 16.7 Å². The Morgan fingerprint density at radius 3 is 2.70 bits per heavy atom. The molecule has 0 atom stereocenters. The molecule has 0 aliphatic heterocycles. The second-order valence-electron chi connectivity index (χ2n) is 5.59. The van der Waals surface area contributed by atoms with Crippen LogP contribution in [0.25, 0.3) is 21.3 Å². The molecule has 2 heterocycles. The summed E-state index contributed by atoms with van der Waals surface area (Å²) in [7, 11) is 4.17. The molecule has 6 heteroatoms. The van der Waals surface area contributed by atoms with Crippen LogP contribution in [0.2, 0.25) is 0 Å². The minimum Gasteiger partial charge on any atom is -0.383 e. The minimum absolute atomic E-state index is 0.574. The number of thiophene rings is 1. The lowest BCUT2D eigenvalue weighted by Gasteiger charge is -2.08. The monoisotopic (exact) mass is 344 g/mol. The van der Waals surface area contributed by atoms with Crippen LogP contribution in [0.3, 0.4) is 0 Å². The van der Waals surface area contributed by atoms with Crippen LogP contribution in [-0.4, -0.2) is 41.3 Å². The first-order valence-electron chi connectivity index (χ1n) is 7.53. The third-order valence-corrected chi connectivity index (χ3v) is 5.31. The predicted octanol–water partition coefficient (Wildman–Crippen LogP) is 3.98. The summed E-state index contributed by atoms with van der Waals surface area (Å²) in [6.07, 6.45) is 1.11. The van der Waals surface area contributed by atoms with Gasteiger partial charge in [-0.3, -0.25) is 0 Å². The highest BCUT2D eigenvalue weighted by Crippen LogP contribution is 2.36. The maximum absolute atomic E-state index is 6.23. The fourth-order valence-corrected chi connectivity index (χ4v) is 4.17. The first-order chi connectivity index (χ1) is 11.1. The molecule has 0 unspecified atom stereocenters. The van der Waals surface area contributed by atoms with Crippen LogP contribution in [0.15, 0.2) is 40.9 Å². The van der Waals surface area contributed by atoms with Crippen molar-refractivity contribution < 1.29 is 0 Å². The number of anilines is 1. The lowest BCUT2D eigenvalue weighted by atomic mass is 10.1. The number of nitrogens with zero attached hydrogens (tertiary/aromatic N) is 3. The zero-order valence-electron chi connectivity index (χ0n) is 13.3. The molecule has 0 aliphatic rings. The van der Waals surface area contributed by atoms with Crippen molar-refractivity contribution in [2.45, 2.75) is 11.6 Å². The molecule has 23 heavy (non-hydrogen) atoms. The number of nitrogens with two attached hydrogens (primary N) is 1. The van der Waals surface area contributed by atoms with Gasteiger partial charge >= 0.3 is 0 Å². The topological polar surface area (TPSA) is 55.0 Å². The van der Waals surface area contributed by atoms with Gasteiger partial charge in [-0.1, -0.05) is 42.1 Å². The number of fused-ring (bicyclic) bond motifs is 1. The van der Waals surface area contributed by atoms with Gasteiger partial charge in [-0.2, -0.15) is 0 Å². The summed E-state index contributed by atoms with van der Waals surface area (Å²) in [5, 5.41) is 3.86. The fourth-order valence-electron chi connectivity index (χ4n) is 2.39. The second-order valence-corrected chi connectivity index (χ2v) is 7.51. The van der Waals surface area contributed by atoms with E-state index in [9.17, 15) is 0 Å². The second kappa shape index (κ2) is 7.29. The maximum Gasteiger partial charge on any atom is 0.190 e. The molecule has 0 fully saturated rings. The van der Waals surface area contributed by atoms with E-state index in [1.54, 1.807) is 23.1 Å². The highest BCUT2D eigenvalue weighted by Gasteiger charge is 2.13.